The zero-order valence-corrected chi connectivity index (χ0v) is 25.7. The van der Waals surface area contributed by atoms with Crippen LogP contribution in [0.5, 0.6) is 5.75 Å². The average Bonchev–Trinajstić information content (AvgIpc) is 3.27. The number of ether oxygens (including phenoxy) is 2. The number of hydrogen-bond donors (Lipinski definition) is 2. The van der Waals surface area contributed by atoms with Gasteiger partial charge in [0, 0.05) is 22.5 Å². The Balaban J connectivity index is 1.93. The molecule has 226 valence electrons. The van der Waals surface area contributed by atoms with Gasteiger partial charge in [-0.2, -0.15) is 5.26 Å². The highest BCUT2D eigenvalue weighted by Gasteiger charge is 2.61. The number of carbonyl (C=O) groups excluding carboxylic acids is 2. The predicted octanol–water partition coefficient (Wildman–Crippen LogP) is 7.03. The summed E-state index contributed by atoms with van der Waals surface area (Å²) in [6.45, 7) is 5.85. The Labute approximate surface area is 259 Å². The summed E-state index contributed by atoms with van der Waals surface area (Å²) in [5.74, 6) is -3.89. The van der Waals surface area contributed by atoms with Crippen molar-refractivity contribution in [2.24, 2.45) is 5.41 Å². The fourth-order valence-corrected chi connectivity index (χ4v) is 6.15. The second-order valence-corrected chi connectivity index (χ2v) is 12.4. The second-order valence-electron chi connectivity index (χ2n) is 11.6. The Hall–Kier alpha value is -3.71. The summed E-state index contributed by atoms with van der Waals surface area (Å²) < 4.78 is 41.8. The summed E-state index contributed by atoms with van der Waals surface area (Å²) in [5, 5.41) is 16.9. The molecule has 1 heterocycles. The molecule has 1 amide bonds. The summed E-state index contributed by atoms with van der Waals surface area (Å²) in [5.41, 5.74) is -1.80. The lowest BCUT2D eigenvalue weighted by atomic mass is 9.62. The number of nitrogens with one attached hydrogen (secondary N) is 2. The standard InChI is InChI=1S/C32H31Cl2F2N3O4/c1-31(2,3)15-25-32(16-37,20-11-10-18(33)14-22(20)35)26(19-7-6-8-21(34)27(19)36)28(39-25)29(40)38-23-12-9-17(30(41)43-5)13-24(23)42-4/h6-14,25-26,28,39H,15H2,1-5H3,(H,38,40)/t25-,26-,28+,32-/m0/s1. The van der Waals surface area contributed by atoms with E-state index in [1.165, 1.54) is 62.8 Å². The van der Waals surface area contributed by atoms with Gasteiger partial charge in [-0.05, 0) is 53.8 Å². The smallest absolute Gasteiger partial charge is 0.337 e. The van der Waals surface area contributed by atoms with Crippen LogP contribution in [0.1, 0.15) is 54.6 Å². The minimum Gasteiger partial charge on any atom is -0.495 e. The molecule has 1 aliphatic heterocycles. The summed E-state index contributed by atoms with van der Waals surface area (Å²) in [4.78, 5) is 26.2. The third kappa shape index (κ3) is 6.19. The average molecular weight is 631 g/mol. The van der Waals surface area contributed by atoms with Gasteiger partial charge < -0.3 is 20.1 Å². The molecule has 0 bridgehead atoms. The maximum Gasteiger partial charge on any atom is 0.337 e. The Kier molecular flexibility index (Phi) is 9.36. The van der Waals surface area contributed by atoms with Gasteiger partial charge in [0.15, 0.2) is 0 Å². The zero-order chi connectivity index (χ0) is 31.7. The maximum atomic E-state index is 15.8. The van der Waals surface area contributed by atoms with Crippen LogP contribution in [0.15, 0.2) is 54.6 Å². The van der Waals surface area contributed by atoms with E-state index in [-0.39, 0.29) is 38.2 Å². The molecule has 0 saturated carbocycles. The fraction of sp³-hybridized carbons (Fsp3) is 0.344. The lowest BCUT2D eigenvalue weighted by Gasteiger charge is -2.37. The van der Waals surface area contributed by atoms with Crippen molar-refractivity contribution in [3.8, 4) is 11.8 Å². The van der Waals surface area contributed by atoms with Crippen LogP contribution in [0, 0.1) is 28.4 Å². The Morgan fingerprint density at radius 3 is 2.42 bits per heavy atom. The number of nitriles is 1. The van der Waals surface area contributed by atoms with Gasteiger partial charge in [0.1, 0.15) is 22.8 Å². The molecular formula is C32H31Cl2F2N3O4. The molecule has 11 heteroatoms. The van der Waals surface area contributed by atoms with E-state index in [1.807, 2.05) is 20.8 Å². The molecule has 1 saturated heterocycles. The first kappa shape index (κ1) is 32.2. The maximum absolute atomic E-state index is 15.8. The first-order chi connectivity index (χ1) is 20.3. The highest BCUT2D eigenvalue weighted by molar-refractivity contribution is 6.31. The molecule has 2 N–H and O–H groups in total. The van der Waals surface area contributed by atoms with Crippen molar-refractivity contribution in [3.05, 3.63) is 93.0 Å². The van der Waals surface area contributed by atoms with Crippen LogP contribution in [0.4, 0.5) is 14.5 Å². The van der Waals surface area contributed by atoms with Crippen LogP contribution < -0.4 is 15.4 Å². The largest absolute Gasteiger partial charge is 0.495 e. The van der Waals surface area contributed by atoms with E-state index in [2.05, 4.69) is 16.7 Å². The molecule has 0 aliphatic carbocycles. The van der Waals surface area contributed by atoms with E-state index in [9.17, 15) is 14.9 Å². The van der Waals surface area contributed by atoms with Crippen LogP contribution in [0.2, 0.25) is 10.0 Å². The zero-order valence-electron chi connectivity index (χ0n) is 24.2. The SMILES string of the molecule is COC(=O)c1ccc(NC(=O)[C@@H]2N[C@@H](CC(C)(C)C)[C@](C#N)(c3ccc(Cl)cc3F)[C@H]2c2cccc(Cl)c2F)c(OC)c1. The first-order valence-electron chi connectivity index (χ1n) is 13.4. The van der Waals surface area contributed by atoms with Crippen molar-refractivity contribution in [1.29, 1.82) is 5.26 Å². The van der Waals surface area contributed by atoms with Crippen molar-refractivity contribution in [2.75, 3.05) is 19.5 Å². The lowest BCUT2D eigenvalue weighted by molar-refractivity contribution is -0.118. The van der Waals surface area contributed by atoms with E-state index in [4.69, 9.17) is 32.7 Å². The number of benzene rings is 3. The molecule has 0 spiro atoms. The molecule has 4 rings (SSSR count). The van der Waals surface area contributed by atoms with E-state index in [1.54, 1.807) is 0 Å². The van der Waals surface area contributed by atoms with Crippen LogP contribution >= 0.6 is 23.2 Å². The molecule has 7 nitrogen and oxygen atoms in total. The molecule has 3 aromatic carbocycles. The number of hydrogen-bond acceptors (Lipinski definition) is 6. The number of methoxy groups -OCH3 is 2. The third-order valence-corrected chi connectivity index (χ3v) is 8.14. The summed E-state index contributed by atoms with van der Waals surface area (Å²) in [7, 11) is 2.61. The van der Waals surface area contributed by atoms with Gasteiger partial charge in [0.2, 0.25) is 5.91 Å². The van der Waals surface area contributed by atoms with Crippen LogP contribution in [-0.4, -0.2) is 38.2 Å². The van der Waals surface area contributed by atoms with Gasteiger partial charge in [-0.25, -0.2) is 13.6 Å². The molecule has 4 atom stereocenters. The number of halogens is 4. The molecule has 0 radical (unpaired) electrons. The number of nitrogens with zero attached hydrogens (tertiary/aromatic N) is 1. The normalized spacial score (nSPS) is 21.6. The van der Waals surface area contributed by atoms with Gasteiger partial charge in [-0.15, -0.1) is 0 Å². The monoisotopic (exact) mass is 629 g/mol. The molecule has 43 heavy (non-hydrogen) atoms. The summed E-state index contributed by atoms with van der Waals surface area (Å²) in [6, 6.07) is 12.9. The molecule has 1 aliphatic rings. The second kappa shape index (κ2) is 12.5. The minimum atomic E-state index is -1.77. The fourth-order valence-electron chi connectivity index (χ4n) is 5.81. The third-order valence-electron chi connectivity index (χ3n) is 7.61. The topological polar surface area (TPSA) is 100 Å². The molecule has 0 unspecified atom stereocenters. The highest BCUT2D eigenvalue weighted by atomic mass is 35.5. The number of amides is 1. The quantitative estimate of drug-likeness (QED) is 0.272. The van der Waals surface area contributed by atoms with Crippen LogP contribution in [0.25, 0.3) is 0 Å². The van der Waals surface area contributed by atoms with Crippen molar-refractivity contribution < 1.29 is 27.8 Å². The van der Waals surface area contributed by atoms with Gasteiger partial charge in [-0.3, -0.25) is 4.79 Å². The number of esters is 1. The van der Waals surface area contributed by atoms with E-state index < -0.39 is 52.3 Å². The number of anilines is 1. The summed E-state index contributed by atoms with van der Waals surface area (Å²) in [6.07, 6.45) is 0.322. The molecular weight excluding hydrogens is 599 g/mol. The first-order valence-corrected chi connectivity index (χ1v) is 14.2. The Morgan fingerprint density at radius 2 is 1.81 bits per heavy atom. The van der Waals surface area contributed by atoms with Crippen LogP contribution in [-0.2, 0) is 14.9 Å². The minimum absolute atomic E-state index is 0.0270. The van der Waals surface area contributed by atoms with E-state index >= 15 is 8.78 Å². The predicted molar refractivity (Wildman–Crippen MR) is 161 cm³/mol. The van der Waals surface area contributed by atoms with Crippen LogP contribution in [0.3, 0.4) is 0 Å². The van der Waals surface area contributed by atoms with E-state index in [0.29, 0.717) is 6.42 Å². The van der Waals surface area contributed by atoms with E-state index in [0.717, 1.165) is 6.07 Å². The number of rotatable bonds is 7. The van der Waals surface area contributed by atoms with Gasteiger partial charge in [0.05, 0.1) is 42.6 Å². The van der Waals surface area contributed by atoms with Gasteiger partial charge in [-0.1, -0.05) is 62.2 Å². The molecule has 3 aromatic rings. The molecule has 1 fully saturated rings. The van der Waals surface area contributed by atoms with Crippen molar-refractivity contribution in [1.82, 2.24) is 5.32 Å². The Morgan fingerprint density at radius 1 is 1.09 bits per heavy atom. The number of carbonyl (C=O) groups is 2. The van der Waals surface area contributed by atoms with Crippen molar-refractivity contribution in [3.63, 3.8) is 0 Å². The lowest BCUT2D eigenvalue weighted by Crippen LogP contribution is -2.45. The van der Waals surface area contributed by atoms with Gasteiger partial charge >= 0.3 is 5.97 Å². The molecule has 0 aromatic heterocycles. The van der Waals surface area contributed by atoms with Gasteiger partial charge in [0.25, 0.3) is 0 Å². The van der Waals surface area contributed by atoms with Crippen molar-refractivity contribution >= 4 is 40.8 Å². The van der Waals surface area contributed by atoms with Crippen molar-refractivity contribution in [2.45, 2.75) is 50.6 Å². The highest BCUT2D eigenvalue weighted by Crippen LogP contribution is 2.53. The Bertz CT molecular complexity index is 1600. The summed E-state index contributed by atoms with van der Waals surface area (Å²) >= 11 is 12.3.